The molecule has 0 radical (unpaired) electrons. The summed E-state index contributed by atoms with van der Waals surface area (Å²) in [5, 5.41) is 2.67. The van der Waals surface area contributed by atoms with Crippen LogP contribution in [-0.4, -0.2) is 29.2 Å². The molecule has 128 valence electrons. The van der Waals surface area contributed by atoms with Gasteiger partial charge in [0, 0.05) is 0 Å². The molecule has 5 nitrogen and oxygen atoms in total. The van der Waals surface area contributed by atoms with Crippen LogP contribution in [0.2, 0.25) is 15.1 Å². The van der Waals surface area contributed by atoms with Crippen molar-refractivity contribution in [2.45, 2.75) is 0 Å². The number of rotatable bonds is 3. The first-order valence-corrected chi connectivity index (χ1v) is 8.01. The highest BCUT2D eigenvalue weighted by molar-refractivity contribution is 6.43. The fourth-order valence-electron chi connectivity index (χ4n) is 2.35. The van der Waals surface area contributed by atoms with Gasteiger partial charge in [-0.1, -0.05) is 34.8 Å². The maximum absolute atomic E-state index is 13.0. The molecule has 1 heterocycles. The number of hydrogen-bond donors (Lipinski definition) is 1. The van der Waals surface area contributed by atoms with E-state index in [9.17, 15) is 18.8 Å². The standard InChI is InChI=1S/C16H8Cl3FN2O3/c17-10-4-8-9(5-11(10)18)16(25)22(15(8)24)6-14(23)21-13-2-1-7(20)3-12(13)19/h1-5H,6H2,(H,21,23). The summed E-state index contributed by atoms with van der Waals surface area (Å²) in [7, 11) is 0. The van der Waals surface area contributed by atoms with E-state index in [-0.39, 0.29) is 31.9 Å². The summed E-state index contributed by atoms with van der Waals surface area (Å²) in [6.07, 6.45) is 0. The Morgan fingerprint density at radius 2 is 1.52 bits per heavy atom. The lowest BCUT2D eigenvalue weighted by Crippen LogP contribution is -2.37. The van der Waals surface area contributed by atoms with Crippen molar-refractivity contribution in [2.75, 3.05) is 11.9 Å². The highest BCUT2D eigenvalue weighted by Gasteiger charge is 2.37. The Kier molecular flexibility index (Phi) is 4.69. The lowest BCUT2D eigenvalue weighted by atomic mass is 10.1. The molecule has 2 aromatic rings. The van der Waals surface area contributed by atoms with Crippen molar-refractivity contribution in [1.29, 1.82) is 0 Å². The molecule has 3 amide bonds. The topological polar surface area (TPSA) is 66.5 Å². The zero-order valence-corrected chi connectivity index (χ0v) is 14.5. The zero-order valence-electron chi connectivity index (χ0n) is 12.3. The minimum absolute atomic E-state index is 0.00530. The van der Waals surface area contributed by atoms with Crippen molar-refractivity contribution in [3.63, 3.8) is 0 Å². The molecule has 0 saturated carbocycles. The quantitative estimate of drug-likeness (QED) is 0.790. The summed E-state index contributed by atoms with van der Waals surface area (Å²) in [5.41, 5.74) is 0.315. The van der Waals surface area contributed by atoms with Crippen molar-refractivity contribution in [3.05, 3.63) is 62.3 Å². The van der Waals surface area contributed by atoms with Crippen LogP contribution in [0.1, 0.15) is 20.7 Å². The van der Waals surface area contributed by atoms with Gasteiger partial charge in [-0.3, -0.25) is 19.3 Å². The van der Waals surface area contributed by atoms with E-state index in [4.69, 9.17) is 34.8 Å². The summed E-state index contributed by atoms with van der Waals surface area (Å²) >= 11 is 17.5. The van der Waals surface area contributed by atoms with Crippen LogP contribution in [0.3, 0.4) is 0 Å². The monoisotopic (exact) mass is 400 g/mol. The molecule has 1 N–H and O–H groups in total. The third kappa shape index (κ3) is 3.33. The molecule has 0 unspecified atom stereocenters. The average molecular weight is 402 g/mol. The molecule has 0 atom stereocenters. The fourth-order valence-corrected chi connectivity index (χ4v) is 2.89. The Hall–Kier alpha value is -2.15. The number of hydrogen-bond acceptors (Lipinski definition) is 3. The Labute approximate surface area is 156 Å². The highest BCUT2D eigenvalue weighted by Crippen LogP contribution is 2.31. The van der Waals surface area contributed by atoms with Crippen LogP contribution < -0.4 is 5.32 Å². The van der Waals surface area contributed by atoms with Gasteiger partial charge in [-0.25, -0.2) is 4.39 Å². The highest BCUT2D eigenvalue weighted by atomic mass is 35.5. The maximum Gasteiger partial charge on any atom is 0.262 e. The lowest BCUT2D eigenvalue weighted by Gasteiger charge is -2.14. The summed E-state index contributed by atoms with van der Waals surface area (Å²) in [6, 6.07) is 6.00. The number of nitrogens with one attached hydrogen (secondary N) is 1. The van der Waals surface area contributed by atoms with Gasteiger partial charge < -0.3 is 5.32 Å². The van der Waals surface area contributed by atoms with E-state index in [1.807, 2.05) is 0 Å². The minimum atomic E-state index is -0.666. The van der Waals surface area contributed by atoms with Crippen molar-refractivity contribution >= 4 is 58.2 Å². The molecule has 0 fully saturated rings. The van der Waals surface area contributed by atoms with Gasteiger partial charge in [0.2, 0.25) is 5.91 Å². The van der Waals surface area contributed by atoms with E-state index in [1.165, 1.54) is 18.2 Å². The van der Waals surface area contributed by atoms with E-state index in [0.717, 1.165) is 17.0 Å². The van der Waals surface area contributed by atoms with Gasteiger partial charge >= 0.3 is 0 Å². The van der Waals surface area contributed by atoms with Crippen LogP contribution in [0.5, 0.6) is 0 Å². The predicted molar refractivity (Wildman–Crippen MR) is 91.9 cm³/mol. The molecule has 0 aromatic heterocycles. The summed E-state index contributed by atoms with van der Waals surface area (Å²) in [4.78, 5) is 37.5. The zero-order chi connectivity index (χ0) is 18.3. The number of benzene rings is 2. The van der Waals surface area contributed by atoms with Crippen LogP contribution in [0.4, 0.5) is 10.1 Å². The Balaban J connectivity index is 1.78. The lowest BCUT2D eigenvalue weighted by molar-refractivity contribution is -0.116. The van der Waals surface area contributed by atoms with E-state index in [1.54, 1.807) is 0 Å². The van der Waals surface area contributed by atoms with Gasteiger partial charge in [0.1, 0.15) is 12.4 Å². The minimum Gasteiger partial charge on any atom is -0.323 e. The number of halogens is 4. The van der Waals surface area contributed by atoms with Gasteiger partial charge in [0.15, 0.2) is 0 Å². The van der Waals surface area contributed by atoms with Gasteiger partial charge in [0.05, 0.1) is 31.9 Å². The van der Waals surface area contributed by atoms with Crippen molar-refractivity contribution < 1.29 is 18.8 Å². The SMILES string of the molecule is O=C(CN1C(=O)c2cc(Cl)c(Cl)cc2C1=O)Nc1ccc(F)cc1Cl. The molecule has 9 heteroatoms. The number of carbonyl (C=O) groups is 3. The van der Waals surface area contributed by atoms with E-state index in [0.29, 0.717) is 0 Å². The Bertz CT molecular complexity index is 892. The molecule has 1 aliphatic heterocycles. The normalized spacial score (nSPS) is 13.2. The first-order valence-electron chi connectivity index (χ1n) is 6.88. The molecule has 0 saturated heterocycles. The van der Waals surface area contributed by atoms with Crippen molar-refractivity contribution in [2.24, 2.45) is 0 Å². The molecule has 25 heavy (non-hydrogen) atoms. The third-order valence-electron chi connectivity index (χ3n) is 3.52. The maximum atomic E-state index is 13.0. The number of amides is 3. The van der Waals surface area contributed by atoms with E-state index in [2.05, 4.69) is 5.32 Å². The number of imide groups is 1. The van der Waals surface area contributed by atoms with E-state index < -0.39 is 30.1 Å². The number of nitrogens with zero attached hydrogens (tertiary/aromatic N) is 1. The number of anilines is 1. The molecule has 0 spiro atoms. The second-order valence-electron chi connectivity index (χ2n) is 5.18. The molecular formula is C16H8Cl3FN2O3. The number of fused-ring (bicyclic) bond motifs is 1. The molecule has 0 aliphatic carbocycles. The van der Waals surface area contributed by atoms with Crippen LogP contribution in [-0.2, 0) is 4.79 Å². The van der Waals surface area contributed by atoms with E-state index >= 15 is 0 Å². The molecular weight excluding hydrogens is 394 g/mol. The van der Waals surface area contributed by atoms with Crippen LogP contribution in [0, 0.1) is 5.82 Å². The average Bonchev–Trinajstić information content (AvgIpc) is 2.76. The second-order valence-corrected chi connectivity index (χ2v) is 6.40. The van der Waals surface area contributed by atoms with Crippen molar-refractivity contribution in [1.82, 2.24) is 4.90 Å². The fraction of sp³-hybridized carbons (Fsp3) is 0.0625. The van der Waals surface area contributed by atoms with Crippen LogP contribution in [0.25, 0.3) is 0 Å². The second kappa shape index (κ2) is 6.63. The Morgan fingerprint density at radius 3 is 2.04 bits per heavy atom. The smallest absolute Gasteiger partial charge is 0.262 e. The molecule has 2 aromatic carbocycles. The first-order chi connectivity index (χ1) is 11.8. The molecule has 0 bridgehead atoms. The molecule has 3 rings (SSSR count). The summed E-state index contributed by atoms with van der Waals surface area (Å²) in [5.74, 6) is -2.53. The number of carbonyl (C=O) groups excluding carboxylic acids is 3. The van der Waals surface area contributed by atoms with Gasteiger partial charge in [-0.15, -0.1) is 0 Å². The first kappa shape index (κ1) is 17.7. The van der Waals surface area contributed by atoms with Gasteiger partial charge in [-0.2, -0.15) is 0 Å². The largest absolute Gasteiger partial charge is 0.323 e. The predicted octanol–water partition coefficient (Wildman–Crippen LogP) is 4.02. The third-order valence-corrected chi connectivity index (χ3v) is 4.55. The summed E-state index contributed by atoms with van der Waals surface area (Å²) in [6.45, 7) is -0.532. The van der Waals surface area contributed by atoms with Gasteiger partial charge in [0.25, 0.3) is 11.8 Å². The molecule has 1 aliphatic rings. The summed E-state index contributed by atoms with van der Waals surface area (Å²) < 4.78 is 13.0. The Morgan fingerprint density at radius 1 is 0.960 bits per heavy atom. The van der Waals surface area contributed by atoms with Gasteiger partial charge in [-0.05, 0) is 30.3 Å². The van der Waals surface area contributed by atoms with Crippen molar-refractivity contribution in [3.8, 4) is 0 Å². The van der Waals surface area contributed by atoms with Crippen LogP contribution >= 0.6 is 34.8 Å². The van der Waals surface area contributed by atoms with Crippen LogP contribution in [0.15, 0.2) is 30.3 Å².